The number of hydrogen-bond donors (Lipinski definition) is 1. The number of carbonyl (C=O) groups excluding carboxylic acids is 1. The first-order valence-electron chi connectivity index (χ1n) is 9.82. The van der Waals surface area contributed by atoms with E-state index in [0.717, 1.165) is 15.2 Å². The van der Waals surface area contributed by atoms with Gasteiger partial charge in [0.25, 0.3) is 0 Å². The van der Waals surface area contributed by atoms with Crippen molar-refractivity contribution in [2.75, 3.05) is 6.61 Å². The van der Waals surface area contributed by atoms with Crippen LogP contribution in [0.3, 0.4) is 0 Å². The lowest BCUT2D eigenvalue weighted by Crippen LogP contribution is -2.34. The first kappa shape index (κ1) is 21.3. The molecule has 31 heavy (non-hydrogen) atoms. The van der Waals surface area contributed by atoms with Gasteiger partial charge in [0.1, 0.15) is 0 Å². The van der Waals surface area contributed by atoms with E-state index in [9.17, 15) is 18.0 Å². The van der Waals surface area contributed by atoms with Crippen molar-refractivity contribution < 1.29 is 22.7 Å². The van der Waals surface area contributed by atoms with Crippen molar-refractivity contribution in [3.8, 4) is 5.88 Å². The molecule has 0 aliphatic heterocycles. The lowest BCUT2D eigenvalue weighted by Gasteiger charge is -2.26. The third kappa shape index (κ3) is 5.22. The number of thiazole rings is 1. The van der Waals surface area contributed by atoms with E-state index in [1.54, 1.807) is 23.5 Å². The van der Waals surface area contributed by atoms with E-state index in [-0.39, 0.29) is 30.2 Å². The summed E-state index contributed by atoms with van der Waals surface area (Å²) in [6, 6.07) is 11.0. The molecule has 2 atom stereocenters. The molecule has 1 aliphatic carbocycles. The molecule has 0 radical (unpaired) electrons. The van der Waals surface area contributed by atoms with Crippen LogP contribution in [0.4, 0.5) is 13.2 Å². The van der Waals surface area contributed by atoms with Gasteiger partial charge in [-0.05, 0) is 31.0 Å². The van der Waals surface area contributed by atoms with Crippen LogP contribution >= 0.6 is 11.3 Å². The first-order valence-corrected chi connectivity index (χ1v) is 10.6. The Morgan fingerprint density at radius 2 is 1.97 bits per heavy atom. The molecule has 0 bridgehead atoms. The van der Waals surface area contributed by atoms with E-state index in [2.05, 4.69) is 16.4 Å². The zero-order valence-electron chi connectivity index (χ0n) is 16.4. The minimum atomic E-state index is -4.46. The van der Waals surface area contributed by atoms with Gasteiger partial charge in [-0.1, -0.05) is 30.4 Å². The monoisotopic (exact) mass is 447 g/mol. The lowest BCUT2D eigenvalue weighted by atomic mass is 9.82. The van der Waals surface area contributed by atoms with E-state index >= 15 is 0 Å². The van der Waals surface area contributed by atoms with Crippen molar-refractivity contribution in [3.05, 3.63) is 65.3 Å². The molecule has 2 aromatic heterocycles. The van der Waals surface area contributed by atoms with Crippen LogP contribution in [0, 0.1) is 5.92 Å². The summed E-state index contributed by atoms with van der Waals surface area (Å²) in [5, 5.41) is 3.76. The second kappa shape index (κ2) is 9.05. The Balaban J connectivity index is 1.46. The molecule has 162 valence electrons. The average Bonchev–Trinajstić information content (AvgIpc) is 3.20. The third-order valence-corrected chi connectivity index (χ3v) is 6.24. The van der Waals surface area contributed by atoms with Crippen molar-refractivity contribution in [3.63, 3.8) is 0 Å². The molecule has 1 aromatic carbocycles. The molecule has 0 saturated heterocycles. The number of pyridine rings is 1. The van der Waals surface area contributed by atoms with Crippen LogP contribution in [0.5, 0.6) is 5.88 Å². The zero-order chi connectivity index (χ0) is 21.8. The third-order valence-electron chi connectivity index (χ3n) is 5.07. The maximum atomic E-state index is 13.0. The van der Waals surface area contributed by atoms with E-state index in [1.165, 1.54) is 6.20 Å². The second-order valence-corrected chi connectivity index (χ2v) is 8.33. The molecule has 1 amide bonds. The van der Waals surface area contributed by atoms with E-state index in [0.29, 0.717) is 18.4 Å². The number of amides is 1. The highest BCUT2D eigenvalue weighted by molar-refractivity contribution is 7.18. The van der Waals surface area contributed by atoms with Gasteiger partial charge in [-0.25, -0.2) is 9.97 Å². The van der Waals surface area contributed by atoms with Crippen LogP contribution in [0.15, 0.2) is 54.7 Å². The number of aromatic nitrogens is 2. The Morgan fingerprint density at radius 1 is 1.16 bits per heavy atom. The zero-order valence-corrected chi connectivity index (χ0v) is 17.2. The number of benzene rings is 1. The molecule has 4 rings (SSSR count). The summed E-state index contributed by atoms with van der Waals surface area (Å²) in [5.74, 6) is -0.648. The fourth-order valence-electron chi connectivity index (χ4n) is 3.58. The van der Waals surface area contributed by atoms with Crippen LogP contribution < -0.4 is 10.1 Å². The summed E-state index contributed by atoms with van der Waals surface area (Å²) >= 11 is 1.59. The number of nitrogens with zero attached hydrogens (tertiary/aromatic N) is 2. The molecule has 9 heteroatoms. The Hall–Kier alpha value is -2.94. The van der Waals surface area contributed by atoms with Gasteiger partial charge in [0.15, 0.2) is 6.61 Å². The maximum Gasteiger partial charge on any atom is 0.422 e. The number of rotatable bonds is 6. The van der Waals surface area contributed by atoms with Gasteiger partial charge in [0, 0.05) is 24.2 Å². The summed E-state index contributed by atoms with van der Waals surface area (Å²) in [4.78, 5) is 21.6. The average molecular weight is 447 g/mol. The summed E-state index contributed by atoms with van der Waals surface area (Å²) in [5.41, 5.74) is 1.31. The van der Waals surface area contributed by atoms with Gasteiger partial charge < -0.3 is 10.1 Å². The van der Waals surface area contributed by atoms with E-state index < -0.39 is 12.8 Å². The highest BCUT2D eigenvalue weighted by Gasteiger charge is 2.32. The largest absolute Gasteiger partial charge is 0.468 e. The summed E-state index contributed by atoms with van der Waals surface area (Å²) in [7, 11) is 0. The number of ether oxygens (including phenoxy) is 1. The van der Waals surface area contributed by atoms with Crippen LogP contribution in [-0.2, 0) is 11.3 Å². The molecule has 0 fully saturated rings. The first-order chi connectivity index (χ1) is 14.9. The molecule has 5 nitrogen and oxygen atoms in total. The quantitative estimate of drug-likeness (QED) is 0.540. The summed E-state index contributed by atoms with van der Waals surface area (Å²) in [6.45, 7) is -1.40. The number of carbonyl (C=O) groups is 1. The van der Waals surface area contributed by atoms with Gasteiger partial charge in [-0.15, -0.1) is 11.3 Å². The Labute approximate surface area is 181 Å². The van der Waals surface area contributed by atoms with Crippen molar-refractivity contribution in [2.45, 2.75) is 31.5 Å². The highest BCUT2D eigenvalue weighted by atomic mass is 32.1. The van der Waals surface area contributed by atoms with E-state index in [4.69, 9.17) is 9.72 Å². The second-order valence-electron chi connectivity index (χ2n) is 7.26. The SMILES string of the molecule is O=C(NCc1cccnc1OCC(F)(F)F)C1CC=CCC1c1nc2ccccc2s1. The fourth-order valence-corrected chi connectivity index (χ4v) is 4.72. The number of hydrogen-bond acceptors (Lipinski definition) is 5. The number of nitrogens with one attached hydrogen (secondary N) is 1. The van der Waals surface area contributed by atoms with Crippen LogP contribution in [0.2, 0.25) is 0 Å². The molecule has 2 unspecified atom stereocenters. The number of allylic oxidation sites excluding steroid dienone is 2. The van der Waals surface area contributed by atoms with Gasteiger partial charge in [0.2, 0.25) is 11.8 Å². The predicted octanol–water partition coefficient (Wildman–Crippen LogP) is 5.00. The number of para-hydroxylation sites is 1. The van der Waals surface area contributed by atoms with Crippen molar-refractivity contribution in [2.24, 2.45) is 5.92 Å². The highest BCUT2D eigenvalue weighted by Crippen LogP contribution is 2.38. The fraction of sp³-hybridized carbons (Fsp3) is 0.318. The number of alkyl halides is 3. The molecule has 0 saturated carbocycles. The van der Waals surface area contributed by atoms with Crippen LogP contribution in [0.1, 0.15) is 29.3 Å². The van der Waals surface area contributed by atoms with Crippen molar-refractivity contribution in [1.82, 2.24) is 15.3 Å². The normalized spacial score (nSPS) is 18.8. The van der Waals surface area contributed by atoms with Crippen LogP contribution in [-0.4, -0.2) is 28.7 Å². The van der Waals surface area contributed by atoms with Gasteiger partial charge in [0.05, 0.1) is 21.1 Å². The van der Waals surface area contributed by atoms with Crippen LogP contribution in [0.25, 0.3) is 10.2 Å². The van der Waals surface area contributed by atoms with Gasteiger partial charge >= 0.3 is 6.18 Å². The number of fused-ring (bicyclic) bond motifs is 1. The van der Waals surface area contributed by atoms with E-state index in [1.807, 2.05) is 30.3 Å². The molecule has 2 heterocycles. The lowest BCUT2D eigenvalue weighted by molar-refractivity contribution is -0.154. The topological polar surface area (TPSA) is 64.1 Å². The molecule has 1 aliphatic rings. The minimum Gasteiger partial charge on any atom is -0.468 e. The van der Waals surface area contributed by atoms with Gasteiger partial charge in [-0.3, -0.25) is 4.79 Å². The summed E-state index contributed by atoms with van der Waals surface area (Å²) in [6.07, 6.45) is 2.23. The number of halogens is 3. The van der Waals surface area contributed by atoms with Gasteiger partial charge in [-0.2, -0.15) is 13.2 Å². The maximum absolute atomic E-state index is 13.0. The Morgan fingerprint density at radius 3 is 2.77 bits per heavy atom. The van der Waals surface area contributed by atoms with Crippen molar-refractivity contribution >= 4 is 27.5 Å². The minimum absolute atomic E-state index is 0.0344. The summed E-state index contributed by atoms with van der Waals surface area (Å²) < 4.78 is 43.3. The smallest absolute Gasteiger partial charge is 0.422 e. The molecular formula is C22H20F3N3O2S. The molecule has 3 aromatic rings. The molecular weight excluding hydrogens is 427 g/mol. The predicted molar refractivity (Wildman–Crippen MR) is 112 cm³/mol. The Bertz CT molecular complexity index is 1060. The standard InChI is InChI=1S/C22H20F3N3O2S/c23-22(24,25)13-30-20-14(6-5-11-26-20)12-27-19(29)15-7-1-2-8-16(15)21-28-17-9-3-4-10-18(17)31-21/h1-6,9-11,15-16H,7-8,12-13H2,(H,27,29). The molecule has 0 spiro atoms. The van der Waals surface area contributed by atoms with Crippen molar-refractivity contribution in [1.29, 1.82) is 0 Å². The molecule has 1 N–H and O–H groups in total. The Kier molecular flexibility index (Phi) is 6.22.